The lowest BCUT2D eigenvalue weighted by Gasteiger charge is -2.25. The van der Waals surface area contributed by atoms with E-state index in [0.29, 0.717) is 0 Å². The van der Waals surface area contributed by atoms with Crippen molar-refractivity contribution in [1.82, 2.24) is 0 Å². The van der Waals surface area contributed by atoms with Crippen molar-refractivity contribution in [3.8, 4) is 11.1 Å². The third kappa shape index (κ3) is 3.54. The van der Waals surface area contributed by atoms with Gasteiger partial charge in [0.25, 0.3) is 0 Å². The van der Waals surface area contributed by atoms with Crippen LogP contribution in [0.1, 0.15) is 0 Å². The normalized spacial score (nSPS) is 11.3. The van der Waals surface area contributed by atoms with Crippen molar-refractivity contribution in [2.24, 2.45) is 0 Å². The van der Waals surface area contributed by atoms with Crippen LogP contribution in [-0.4, -0.2) is 0 Å². The molecule has 0 aromatic heterocycles. The summed E-state index contributed by atoms with van der Waals surface area (Å²) in [6, 6.07) is 50.7. The summed E-state index contributed by atoms with van der Waals surface area (Å²) < 4.78 is 0. The molecule has 0 heterocycles. The Labute approximate surface area is 195 Å². The second-order valence-corrected chi connectivity index (χ2v) is 10.3. The summed E-state index contributed by atoms with van der Waals surface area (Å²) in [6.07, 6.45) is 0. The molecule has 0 saturated heterocycles. The fraction of sp³-hybridized carbons (Fsp3) is 0. The highest BCUT2D eigenvalue weighted by Gasteiger charge is 2.23. The molecule has 33 heavy (non-hydrogen) atoms. The molecule has 0 aliphatic heterocycles. The van der Waals surface area contributed by atoms with Crippen LogP contribution < -0.4 is 15.9 Å². The summed E-state index contributed by atoms with van der Waals surface area (Å²) in [5, 5.41) is 9.51. The molecule has 0 unspecified atom stereocenters. The summed E-state index contributed by atoms with van der Waals surface area (Å²) in [4.78, 5) is 0. The Morgan fingerprint density at radius 1 is 0.333 bits per heavy atom. The van der Waals surface area contributed by atoms with Crippen LogP contribution in [0.5, 0.6) is 0 Å². The van der Waals surface area contributed by atoms with Gasteiger partial charge in [0.15, 0.2) is 0 Å². The van der Waals surface area contributed by atoms with Gasteiger partial charge in [-0.3, -0.25) is 0 Å². The fourth-order valence-corrected chi connectivity index (χ4v) is 7.45. The summed E-state index contributed by atoms with van der Waals surface area (Å²) in [7, 11) is -0.727. The molecule has 0 bridgehead atoms. The third-order valence-electron chi connectivity index (χ3n) is 6.22. The number of fused-ring (bicyclic) bond motifs is 2. The Bertz CT molecular complexity index is 1440. The molecule has 0 aliphatic carbocycles. The van der Waals surface area contributed by atoms with Gasteiger partial charge in [0.1, 0.15) is 0 Å². The fourth-order valence-electron chi connectivity index (χ4n) is 4.82. The van der Waals surface area contributed by atoms with Crippen molar-refractivity contribution in [3.05, 3.63) is 140 Å². The van der Waals surface area contributed by atoms with Gasteiger partial charge in [-0.2, -0.15) is 0 Å². The molecule has 0 radical (unpaired) electrons. The molecule has 6 aromatic carbocycles. The van der Waals surface area contributed by atoms with Crippen molar-refractivity contribution >= 4 is 45.4 Å². The Morgan fingerprint density at radius 2 is 0.697 bits per heavy atom. The number of hydrogen-bond acceptors (Lipinski definition) is 0. The SMILES string of the molecule is c1ccc(-c2c3ccccc3c(P(c3ccccc3)c3ccccc3)c3ccccc23)cc1. The largest absolute Gasteiger partial charge is 0.0622 e. The van der Waals surface area contributed by atoms with Crippen LogP contribution in [0.3, 0.4) is 0 Å². The first kappa shape index (κ1) is 19.9. The van der Waals surface area contributed by atoms with E-state index in [1.807, 2.05) is 0 Å². The zero-order valence-corrected chi connectivity index (χ0v) is 19.1. The Balaban J connectivity index is 1.78. The van der Waals surface area contributed by atoms with Crippen molar-refractivity contribution in [3.63, 3.8) is 0 Å². The van der Waals surface area contributed by atoms with Crippen LogP contribution in [0.25, 0.3) is 32.7 Å². The lowest BCUT2D eigenvalue weighted by Crippen LogP contribution is -2.22. The molecule has 0 amide bonds. The first-order valence-corrected chi connectivity index (χ1v) is 12.6. The molecule has 0 saturated carbocycles. The smallest absolute Gasteiger partial charge is 0.000639 e. The third-order valence-corrected chi connectivity index (χ3v) is 8.78. The number of benzene rings is 6. The van der Waals surface area contributed by atoms with Gasteiger partial charge in [-0.1, -0.05) is 140 Å². The maximum atomic E-state index is 2.31. The van der Waals surface area contributed by atoms with E-state index in [9.17, 15) is 0 Å². The van der Waals surface area contributed by atoms with Gasteiger partial charge < -0.3 is 0 Å². The quantitative estimate of drug-likeness (QED) is 0.198. The minimum Gasteiger partial charge on any atom is -0.0622 e. The van der Waals surface area contributed by atoms with Crippen molar-refractivity contribution in [2.75, 3.05) is 0 Å². The average Bonchev–Trinajstić information content (AvgIpc) is 2.90. The van der Waals surface area contributed by atoms with Gasteiger partial charge in [0, 0.05) is 5.30 Å². The summed E-state index contributed by atoms with van der Waals surface area (Å²) in [5.41, 5.74) is 2.59. The van der Waals surface area contributed by atoms with Crippen molar-refractivity contribution in [2.45, 2.75) is 0 Å². The Morgan fingerprint density at radius 3 is 1.15 bits per heavy atom. The van der Waals surface area contributed by atoms with Gasteiger partial charge in [0.05, 0.1) is 0 Å². The van der Waals surface area contributed by atoms with Crippen LogP contribution >= 0.6 is 7.92 Å². The molecular weight excluding hydrogens is 415 g/mol. The van der Waals surface area contributed by atoms with E-state index in [1.54, 1.807) is 0 Å². The minimum atomic E-state index is -0.727. The molecular formula is C32H23P. The standard InChI is InChI=1S/C32H23P/c1-4-14-24(15-5-1)31-27-20-10-12-22-29(27)32(30-23-13-11-21-28(30)31)33(25-16-6-2-7-17-25)26-18-8-3-9-19-26/h1-23H. The highest BCUT2D eigenvalue weighted by molar-refractivity contribution is 7.80. The first-order chi connectivity index (χ1) is 16.4. The zero-order valence-electron chi connectivity index (χ0n) is 18.2. The summed E-state index contributed by atoms with van der Waals surface area (Å²) >= 11 is 0. The van der Waals surface area contributed by atoms with Crippen LogP contribution in [0.2, 0.25) is 0 Å². The molecule has 156 valence electrons. The molecule has 0 nitrogen and oxygen atoms in total. The molecule has 0 N–H and O–H groups in total. The van der Waals surface area contributed by atoms with Gasteiger partial charge in [0.2, 0.25) is 0 Å². The predicted octanol–water partition coefficient (Wildman–Crippen LogP) is 7.42. The van der Waals surface area contributed by atoms with Crippen molar-refractivity contribution < 1.29 is 0 Å². The maximum Gasteiger partial charge on any atom is 0.000639 e. The molecule has 1 heteroatoms. The van der Waals surface area contributed by atoms with E-state index < -0.39 is 7.92 Å². The molecule has 6 aromatic rings. The zero-order chi connectivity index (χ0) is 22.0. The lowest BCUT2D eigenvalue weighted by atomic mass is 9.92. The van der Waals surface area contributed by atoms with E-state index in [1.165, 1.54) is 48.6 Å². The number of rotatable bonds is 4. The van der Waals surface area contributed by atoms with Gasteiger partial charge in [-0.05, 0) is 51.2 Å². The van der Waals surface area contributed by atoms with E-state index in [2.05, 4.69) is 140 Å². The molecule has 6 rings (SSSR count). The van der Waals surface area contributed by atoms with E-state index >= 15 is 0 Å². The highest BCUT2D eigenvalue weighted by atomic mass is 31.1. The molecule has 0 aliphatic rings. The number of hydrogen-bond donors (Lipinski definition) is 0. The van der Waals surface area contributed by atoms with E-state index in [0.717, 1.165) is 0 Å². The summed E-state index contributed by atoms with van der Waals surface area (Å²) in [5.74, 6) is 0. The van der Waals surface area contributed by atoms with Gasteiger partial charge in [-0.15, -0.1) is 0 Å². The molecule has 0 atom stereocenters. The summed E-state index contributed by atoms with van der Waals surface area (Å²) in [6.45, 7) is 0. The maximum absolute atomic E-state index is 2.31. The van der Waals surface area contributed by atoms with E-state index in [4.69, 9.17) is 0 Å². The molecule has 0 spiro atoms. The second kappa shape index (κ2) is 8.66. The van der Waals surface area contributed by atoms with Crippen LogP contribution in [0, 0.1) is 0 Å². The monoisotopic (exact) mass is 438 g/mol. The molecule has 0 fully saturated rings. The van der Waals surface area contributed by atoms with Crippen LogP contribution in [-0.2, 0) is 0 Å². The van der Waals surface area contributed by atoms with Gasteiger partial charge in [-0.25, -0.2) is 0 Å². The van der Waals surface area contributed by atoms with Crippen molar-refractivity contribution in [1.29, 1.82) is 0 Å². The predicted molar refractivity (Wildman–Crippen MR) is 146 cm³/mol. The first-order valence-electron chi connectivity index (χ1n) is 11.3. The van der Waals surface area contributed by atoms with Crippen LogP contribution in [0.15, 0.2) is 140 Å². The van der Waals surface area contributed by atoms with Crippen LogP contribution in [0.4, 0.5) is 0 Å². The lowest BCUT2D eigenvalue weighted by molar-refractivity contribution is 1.68. The minimum absolute atomic E-state index is 0.727. The average molecular weight is 439 g/mol. The second-order valence-electron chi connectivity index (χ2n) is 8.19. The Hall–Kier alpha value is -3.73. The van der Waals surface area contributed by atoms with Gasteiger partial charge >= 0.3 is 0 Å². The Kier molecular flexibility index (Phi) is 5.23. The highest BCUT2D eigenvalue weighted by Crippen LogP contribution is 2.43. The van der Waals surface area contributed by atoms with E-state index in [-0.39, 0.29) is 0 Å². The topological polar surface area (TPSA) is 0 Å².